The van der Waals surface area contributed by atoms with Crippen molar-refractivity contribution in [2.75, 3.05) is 19.7 Å². The molecular formula is C10H18N2O. The quantitative estimate of drug-likeness (QED) is 0.708. The Morgan fingerprint density at radius 3 is 2.85 bits per heavy atom. The van der Waals surface area contributed by atoms with Gasteiger partial charge in [0.15, 0.2) is 0 Å². The molecule has 0 bridgehead atoms. The smallest absolute Gasteiger partial charge is 0.103 e. The van der Waals surface area contributed by atoms with Gasteiger partial charge in [-0.1, -0.05) is 0 Å². The minimum absolute atomic E-state index is 0.269. The number of hydrogen-bond donors (Lipinski definition) is 1. The minimum atomic E-state index is -0.343. The molecule has 0 aromatic carbocycles. The molecule has 0 amide bonds. The normalized spacial score (nSPS) is 24.6. The molecule has 13 heavy (non-hydrogen) atoms. The summed E-state index contributed by atoms with van der Waals surface area (Å²) in [6.45, 7) is 6.13. The fraction of sp³-hybridized carbons (Fsp3) is 0.900. The second kappa shape index (κ2) is 4.08. The topological polar surface area (TPSA) is 47.3 Å². The van der Waals surface area contributed by atoms with Gasteiger partial charge in [0, 0.05) is 13.2 Å². The van der Waals surface area contributed by atoms with Crippen LogP contribution in [0.5, 0.6) is 0 Å². The molecule has 1 aliphatic rings. The van der Waals surface area contributed by atoms with Crippen LogP contribution in [0.4, 0.5) is 0 Å². The van der Waals surface area contributed by atoms with Gasteiger partial charge in [0.05, 0.1) is 6.07 Å². The Labute approximate surface area is 80.0 Å². The van der Waals surface area contributed by atoms with E-state index in [-0.39, 0.29) is 12.1 Å². The van der Waals surface area contributed by atoms with Gasteiger partial charge in [-0.05, 0) is 39.2 Å². The van der Waals surface area contributed by atoms with E-state index in [0.717, 1.165) is 25.9 Å². The van der Waals surface area contributed by atoms with Crippen molar-refractivity contribution in [2.24, 2.45) is 5.92 Å². The van der Waals surface area contributed by atoms with E-state index in [0.29, 0.717) is 5.92 Å². The lowest BCUT2D eigenvalue weighted by atomic mass is 10.0. The molecular weight excluding hydrogens is 164 g/mol. The van der Waals surface area contributed by atoms with E-state index in [4.69, 9.17) is 10.4 Å². The predicted molar refractivity (Wildman–Crippen MR) is 51.1 cm³/mol. The van der Waals surface area contributed by atoms with Crippen molar-refractivity contribution in [1.82, 2.24) is 4.90 Å². The second-order valence-corrected chi connectivity index (χ2v) is 4.28. The maximum absolute atomic E-state index is 8.93. The molecule has 1 rings (SSSR count). The average Bonchev–Trinajstić information content (AvgIpc) is 2.54. The molecule has 74 valence electrons. The summed E-state index contributed by atoms with van der Waals surface area (Å²) in [7, 11) is 0. The number of rotatable bonds is 3. The molecule has 0 aliphatic carbocycles. The third-order valence-electron chi connectivity index (χ3n) is 2.89. The Hall–Kier alpha value is -0.590. The zero-order chi connectivity index (χ0) is 9.90. The lowest BCUT2D eigenvalue weighted by molar-refractivity contribution is 0.194. The molecule has 1 atom stereocenters. The fourth-order valence-corrected chi connectivity index (χ4v) is 1.83. The molecule has 1 N–H and O–H groups in total. The van der Waals surface area contributed by atoms with E-state index in [1.807, 2.05) is 13.8 Å². The monoisotopic (exact) mass is 182 g/mol. The number of nitrogens with zero attached hydrogens (tertiary/aromatic N) is 2. The Balaban J connectivity index is 2.46. The van der Waals surface area contributed by atoms with Crippen LogP contribution in [0.2, 0.25) is 0 Å². The third kappa shape index (κ3) is 2.43. The van der Waals surface area contributed by atoms with Crippen molar-refractivity contribution in [3.05, 3.63) is 0 Å². The first-order valence-corrected chi connectivity index (χ1v) is 4.87. The zero-order valence-electron chi connectivity index (χ0n) is 8.45. The molecule has 3 nitrogen and oxygen atoms in total. The van der Waals surface area contributed by atoms with Gasteiger partial charge in [0.25, 0.3) is 0 Å². The van der Waals surface area contributed by atoms with Crippen LogP contribution in [0.15, 0.2) is 0 Å². The highest BCUT2D eigenvalue weighted by Crippen LogP contribution is 2.25. The van der Waals surface area contributed by atoms with E-state index in [1.54, 1.807) is 0 Å². The van der Waals surface area contributed by atoms with Gasteiger partial charge in [-0.25, -0.2) is 0 Å². The highest BCUT2D eigenvalue weighted by molar-refractivity contribution is 5.03. The van der Waals surface area contributed by atoms with Gasteiger partial charge in [0.1, 0.15) is 5.54 Å². The maximum atomic E-state index is 8.93. The lowest BCUT2D eigenvalue weighted by Crippen LogP contribution is -2.41. The first kappa shape index (κ1) is 10.5. The van der Waals surface area contributed by atoms with Gasteiger partial charge in [-0.3, -0.25) is 4.90 Å². The fourth-order valence-electron chi connectivity index (χ4n) is 1.83. The van der Waals surface area contributed by atoms with Gasteiger partial charge < -0.3 is 5.11 Å². The molecule has 1 fully saturated rings. The average molecular weight is 182 g/mol. The van der Waals surface area contributed by atoms with E-state index in [9.17, 15) is 0 Å². The van der Waals surface area contributed by atoms with Crippen LogP contribution in [-0.2, 0) is 0 Å². The van der Waals surface area contributed by atoms with Crippen LogP contribution in [-0.4, -0.2) is 35.2 Å². The van der Waals surface area contributed by atoms with E-state index in [1.165, 1.54) is 0 Å². The number of likely N-dealkylation sites (tertiary alicyclic amines) is 1. The minimum Gasteiger partial charge on any atom is -0.396 e. The number of aliphatic hydroxyl groups excluding tert-OH is 1. The predicted octanol–water partition coefficient (Wildman–Crippen LogP) is 0.993. The number of aliphatic hydroxyl groups is 1. The highest BCUT2D eigenvalue weighted by atomic mass is 16.3. The van der Waals surface area contributed by atoms with E-state index < -0.39 is 0 Å². The Kier molecular flexibility index (Phi) is 3.29. The molecule has 0 radical (unpaired) electrons. The Morgan fingerprint density at radius 1 is 1.62 bits per heavy atom. The van der Waals surface area contributed by atoms with Crippen LogP contribution in [0, 0.1) is 17.2 Å². The van der Waals surface area contributed by atoms with Crippen LogP contribution in [0.3, 0.4) is 0 Å². The summed E-state index contributed by atoms with van der Waals surface area (Å²) in [5.41, 5.74) is -0.343. The van der Waals surface area contributed by atoms with Crippen LogP contribution < -0.4 is 0 Å². The first-order chi connectivity index (χ1) is 6.10. The van der Waals surface area contributed by atoms with Gasteiger partial charge >= 0.3 is 0 Å². The van der Waals surface area contributed by atoms with Crippen molar-refractivity contribution in [3.63, 3.8) is 0 Å². The molecule has 0 spiro atoms. The Morgan fingerprint density at radius 2 is 2.31 bits per heavy atom. The first-order valence-electron chi connectivity index (χ1n) is 4.87. The summed E-state index contributed by atoms with van der Waals surface area (Å²) < 4.78 is 0. The molecule has 0 saturated carbocycles. The van der Waals surface area contributed by atoms with Crippen LogP contribution in [0.25, 0.3) is 0 Å². The standard InChI is InChI=1S/C10H18N2O/c1-10(2,8-11)12-5-3-9(7-12)4-6-13/h9,13H,3-7H2,1-2H3. The Bertz CT molecular complexity index is 207. The van der Waals surface area contributed by atoms with Gasteiger partial charge in [0.2, 0.25) is 0 Å². The molecule has 3 heteroatoms. The van der Waals surface area contributed by atoms with Gasteiger partial charge in [-0.15, -0.1) is 0 Å². The van der Waals surface area contributed by atoms with Crippen molar-refractivity contribution in [3.8, 4) is 6.07 Å². The van der Waals surface area contributed by atoms with Crippen molar-refractivity contribution < 1.29 is 5.11 Å². The highest BCUT2D eigenvalue weighted by Gasteiger charge is 2.32. The molecule has 1 heterocycles. The largest absolute Gasteiger partial charge is 0.396 e. The molecule has 1 unspecified atom stereocenters. The maximum Gasteiger partial charge on any atom is 0.103 e. The zero-order valence-corrected chi connectivity index (χ0v) is 8.45. The summed E-state index contributed by atoms with van der Waals surface area (Å²) in [6.07, 6.45) is 1.99. The third-order valence-corrected chi connectivity index (χ3v) is 2.89. The molecule has 0 aromatic heterocycles. The summed E-state index contributed by atoms with van der Waals surface area (Å²) in [5.74, 6) is 0.581. The van der Waals surface area contributed by atoms with Crippen LogP contribution >= 0.6 is 0 Å². The van der Waals surface area contributed by atoms with Crippen molar-refractivity contribution in [2.45, 2.75) is 32.2 Å². The molecule has 1 saturated heterocycles. The molecule has 1 aliphatic heterocycles. The van der Waals surface area contributed by atoms with Crippen molar-refractivity contribution >= 4 is 0 Å². The van der Waals surface area contributed by atoms with E-state index >= 15 is 0 Å². The van der Waals surface area contributed by atoms with Crippen molar-refractivity contribution in [1.29, 1.82) is 5.26 Å². The van der Waals surface area contributed by atoms with Gasteiger partial charge in [-0.2, -0.15) is 5.26 Å². The summed E-state index contributed by atoms with van der Waals surface area (Å²) in [5, 5.41) is 17.7. The second-order valence-electron chi connectivity index (χ2n) is 4.28. The lowest BCUT2D eigenvalue weighted by Gasteiger charge is -2.28. The summed E-state index contributed by atoms with van der Waals surface area (Å²) in [4.78, 5) is 2.20. The number of nitriles is 1. The van der Waals surface area contributed by atoms with E-state index in [2.05, 4.69) is 11.0 Å². The molecule has 0 aromatic rings. The summed E-state index contributed by atoms with van der Waals surface area (Å²) >= 11 is 0. The SMILES string of the molecule is CC(C)(C#N)N1CCC(CCO)C1. The number of hydrogen-bond acceptors (Lipinski definition) is 3. The van der Waals surface area contributed by atoms with Crippen LogP contribution in [0.1, 0.15) is 26.7 Å². The summed E-state index contributed by atoms with van der Waals surface area (Å²) in [6, 6.07) is 2.31.